The Bertz CT molecular complexity index is 1490. The lowest BCUT2D eigenvalue weighted by Crippen LogP contribution is -2.22. The van der Waals surface area contributed by atoms with Gasteiger partial charge in [-0.25, -0.2) is 23.4 Å². The number of nitrogen functional groups attached to an aromatic ring is 1. The highest BCUT2D eigenvalue weighted by atomic mass is 32.2. The Kier molecular flexibility index (Phi) is 6.48. The topological polar surface area (TPSA) is 120 Å². The van der Waals surface area contributed by atoms with E-state index in [2.05, 4.69) is 19.7 Å². The van der Waals surface area contributed by atoms with Crippen LogP contribution in [0.15, 0.2) is 60.9 Å². The van der Waals surface area contributed by atoms with Gasteiger partial charge in [0.25, 0.3) is 0 Å². The first-order valence-electron chi connectivity index (χ1n) is 10.3. The van der Waals surface area contributed by atoms with Crippen LogP contribution in [0.5, 0.6) is 11.6 Å². The van der Waals surface area contributed by atoms with Gasteiger partial charge in [0.2, 0.25) is 21.9 Å². The summed E-state index contributed by atoms with van der Waals surface area (Å²) in [6.07, 6.45) is -2.98. The molecular formula is C23H20F3N5O3S. The number of pyridine rings is 1. The molecule has 35 heavy (non-hydrogen) atoms. The minimum Gasteiger partial charge on any atom is -0.437 e. The average Bonchev–Trinajstić information content (AvgIpc) is 2.79. The lowest BCUT2D eigenvalue weighted by molar-refractivity contribution is -0.129. The molecule has 2 aromatic heterocycles. The van der Waals surface area contributed by atoms with Crippen LogP contribution in [0.3, 0.4) is 0 Å². The fourth-order valence-electron chi connectivity index (χ4n) is 3.42. The molecule has 0 spiro atoms. The van der Waals surface area contributed by atoms with Crippen LogP contribution in [0, 0.1) is 6.92 Å². The zero-order chi connectivity index (χ0) is 25.2. The van der Waals surface area contributed by atoms with Crippen molar-refractivity contribution in [3.63, 3.8) is 0 Å². The number of nitrogens with zero attached hydrogens (tertiary/aromatic N) is 3. The number of ether oxygens (including phenoxy) is 1. The second-order valence-corrected chi connectivity index (χ2v) is 9.50. The predicted molar refractivity (Wildman–Crippen MR) is 127 cm³/mol. The second-order valence-electron chi connectivity index (χ2n) is 7.66. The summed E-state index contributed by atoms with van der Waals surface area (Å²) in [5, 5.41) is 0.993. The number of aromatic nitrogens is 3. The Morgan fingerprint density at radius 1 is 1.00 bits per heavy atom. The van der Waals surface area contributed by atoms with E-state index in [4.69, 9.17) is 10.5 Å². The SMILES string of the molecule is Cc1ccc2c(NS(=O)(=O)CCC(F)(F)F)cccc2c1Oc1ncccc1-c1ccnc(N)n1. The monoisotopic (exact) mass is 503 g/mol. The largest absolute Gasteiger partial charge is 0.437 e. The van der Waals surface area contributed by atoms with E-state index in [0.717, 1.165) is 5.56 Å². The number of hydrogen-bond donors (Lipinski definition) is 2. The van der Waals surface area contributed by atoms with Gasteiger partial charge in [0.15, 0.2) is 0 Å². The molecule has 3 N–H and O–H groups in total. The number of fused-ring (bicyclic) bond motifs is 1. The molecule has 0 saturated carbocycles. The lowest BCUT2D eigenvalue weighted by atomic mass is 10.0. The normalized spacial score (nSPS) is 12.0. The summed E-state index contributed by atoms with van der Waals surface area (Å²) in [6, 6.07) is 13.3. The first-order chi connectivity index (χ1) is 16.5. The summed E-state index contributed by atoms with van der Waals surface area (Å²) >= 11 is 0. The van der Waals surface area contributed by atoms with Crippen LogP contribution in [0.2, 0.25) is 0 Å². The highest BCUT2D eigenvalue weighted by molar-refractivity contribution is 7.92. The van der Waals surface area contributed by atoms with Crippen molar-refractivity contribution in [2.45, 2.75) is 19.5 Å². The van der Waals surface area contributed by atoms with Crippen molar-refractivity contribution in [2.75, 3.05) is 16.2 Å². The molecule has 4 rings (SSSR count). The molecule has 4 aromatic rings. The number of anilines is 2. The van der Waals surface area contributed by atoms with E-state index < -0.39 is 28.4 Å². The molecule has 0 fully saturated rings. The van der Waals surface area contributed by atoms with Crippen LogP contribution in [0.1, 0.15) is 12.0 Å². The van der Waals surface area contributed by atoms with E-state index in [1.54, 1.807) is 55.6 Å². The molecule has 0 saturated heterocycles. The van der Waals surface area contributed by atoms with Gasteiger partial charge in [0, 0.05) is 23.2 Å². The first kappa shape index (κ1) is 24.2. The van der Waals surface area contributed by atoms with Crippen molar-refractivity contribution < 1.29 is 26.3 Å². The fourth-order valence-corrected chi connectivity index (χ4v) is 4.54. The van der Waals surface area contributed by atoms with Gasteiger partial charge in [-0.3, -0.25) is 4.72 Å². The molecule has 0 atom stereocenters. The zero-order valence-electron chi connectivity index (χ0n) is 18.4. The van der Waals surface area contributed by atoms with Gasteiger partial charge in [0.1, 0.15) is 5.75 Å². The minimum absolute atomic E-state index is 0.0843. The lowest BCUT2D eigenvalue weighted by Gasteiger charge is -2.16. The van der Waals surface area contributed by atoms with E-state index in [9.17, 15) is 21.6 Å². The third-order valence-corrected chi connectivity index (χ3v) is 6.32. The van der Waals surface area contributed by atoms with Crippen molar-refractivity contribution in [3.05, 3.63) is 66.5 Å². The van der Waals surface area contributed by atoms with E-state index in [-0.39, 0.29) is 17.5 Å². The number of halogens is 3. The molecule has 0 unspecified atom stereocenters. The highest BCUT2D eigenvalue weighted by Gasteiger charge is 2.30. The summed E-state index contributed by atoms with van der Waals surface area (Å²) in [6.45, 7) is 1.81. The van der Waals surface area contributed by atoms with Crippen molar-refractivity contribution in [3.8, 4) is 22.9 Å². The summed E-state index contributed by atoms with van der Waals surface area (Å²) in [5.74, 6) is -0.360. The number of benzene rings is 2. The predicted octanol–water partition coefficient (Wildman–Crippen LogP) is 5.07. The van der Waals surface area contributed by atoms with Gasteiger partial charge in [-0.15, -0.1) is 0 Å². The molecule has 0 amide bonds. The molecule has 12 heteroatoms. The number of rotatable bonds is 7. The number of sulfonamides is 1. The standard InChI is InChI=1S/C23H20F3N5O3S/c1-14-7-8-15-16(4-2-6-19(15)31-35(32,33)13-10-23(24,25)26)20(14)34-21-17(5-3-11-28-21)18-9-12-29-22(27)30-18/h2-9,11-12,31H,10,13H2,1H3,(H2,27,29,30). The molecular weight excluding hydrogens is 483 g/mol. The van der Waals surface area contributed by atoms with Crippen molar-refractivity contribution in [2.24, 2.45) is 0 Å². The van der Waals surface area contributed by atoms with Crippen molar-refractivity contribution in [1.82, 2.24) is 15.0 Å². The van der Waals surface area contributed by atoms with Gasteiger partial charge < -0.3 is 10.5 Å². The van der Waals surface area contributed by atoms with Gasteiger partial charge in [-0.05, 0) is 36.8 Å². The van der Waals surface area contributed by atoms with E-state index in [1.807, 2.05) is 0 Å². The Morgan fingerprint density at radius 2 is 1.80 bits per heavy atom. The van der Waals surface area contributed by atoms with Gasteiger partial charge >= 0.3 is 6.18 Å². The van der Waals surface area contributed by atoms with Crippen LogP contribution in [0.25, 0.3) is 22.0 Å². The minimum atomic E-state index is -4.58. The number of nitrogens with one attached hydrogen (secondary N) is 1. The summed E-state index contributed by atoms with van der Waals surface area (Å²) in [5.41, 5.74) is 7.63. The van der Waals surface area contributed by atoms with E-state index in [0.29, 0.717) is 27.8 Å². The smallest absolute Gasteiger partial charge is 0.390 e. The molecule has 2 aromatic carbocycles. The molecule has 2 heterocycles. The average molecular weight is 504 g/mol. The zero-order valence-corrected chi connectivity index (χ0v) is 19.2. The van der Waals surface area contributed by atoms with Crippen LogP contribution >= 0.6 is 0 Å². The third kappa shape index (κ3) is 5.77. The Hall–Kier alpha value is -3.93. The molecule has 0 bridgehead atoms. The maximum absolute atomic E-state index is 12.5. The molecule has 8 nitrogen and oxygen atoms in total. The van der Waals surface area contributed by atoms with Crippen molar-refractivity contribution >= 4 is 32.4 Å². The van der Waals surface area contributed by atoms with Crippen molar-refractivity contribution in [1.29, 1.82) is 0 Å². The molecule has 182 valence electrons. The number of aryl methyl sites for hydroxylation is 1. The Balaban J connectivity index is 1.73. The van der Waals surface area contributed by atoms with E-state index >= 15 is 0 Å². The maximum Gasteiger partial charge on any atom is 0.390 e. The number of hydrogen-bond acceptors (Lipinski definition) is 7. The van der Waals surface area contributed by atoms with Crippen LogP contribution < -0.4 is 15.2 Å². The molecule has 0 aliphatic heterocycles. The quantitative estimate of drug-likeness (QED) is 0.361. The van der Waals surface area contributed by atoms with Gasteiger partial charge in [-0.1, -0.05) is 24.3 Å². The molecule has 0 aliphatic rings. The fraction of sp³-hybridized carbons (Fsp3) is 0.174. The van der Waals surface area contributed by atoms with Crippen LogP contribution in [-0.4, -0.2) is 35.3 Å². The second kappa shape index (κ2) is 9.37. The maximum atomic E-state index is 12.5. The molecule has 0 aliphatic carbocycles. The van der Waals surface area contributed by atoms with Crippen LogP contribution in [0.4, 0.5) is 24.8 Å². The summed E-state index contributed by atoms with van der Waals surface area (Å²) < 4.78 is 70.6. The highest BCUT2D eigenvalue weighted by Crippen LogP contribution is 2.38. The number of nitrogens with two attached hydrogens (primary N) is 1. The van der Waals surface area contributed by atoms with Crippen LogP contribution in [-0.2, 0) is 10.0 Å². The number of alkyl halides is 3. The third-order valence-electron chi connectivity index (χ3n) is 5.05. The first-order valence-corrected chi connectivity index (χ1v) is 12.0. The Labute approximate surface area is 199 Å². The summed E-state index contributed by atoms with van der Waals surface area (Å²) in [4.78, 5) is 12.4. The molecule has 0 radical (unpaired) electrons. The van der Waals surface area contributed by atoms with Gasteiger partial charge in [0.05, 0.1) is 29.1 Å². The summed E-state index contributed by atoms with van der Waals surface area (Å²) in [7, 11) is -4.24. The van der Waals surface area contributed by atoms with E-state index in [1.165, 1.54) is 12.3 Å². The Morgan fingerprint density at radius 3 is 2.54 bits per heavy atom. The van der Waals surface area contributed by atoms with Gasteiger partial charge in [-0.2, -0.15) is 13.2 Å².